The van der Waals surface area contributed by atoms with Crippen LogP contribution in [0, 0.1) is 12.7 Å². The molecule has 1 fully saturated rings. The highest BCUT2D eigenvalue weighted by Gasteiger charge is 2.47. The molecule has 4 rings (SSSR count). The highest BCUT2D eigenvalue weighted by Crippen LogP contribution is 2.39. The zero-order valence-electron chi connectivity index (χ0n) is 18.5. The number of aryl methyl sites for hydroxylation is 1. The number of amides is 2. The van der Waals surface area contributed by atoms with Gasteiger partial charge in [0.1, 0.15) is 11.7 Å². The van der Waals surface area contributed by atoms with Crippen LogP contribution in [0.2, 0.25) is 0 Å². The topological polar surface area (TPSA) is 77.0 Å². The number of hydrogen-bond acceptors (Lipinski definition) is 6. The molecule has 1 N–H and O–H groups in total. The quantitative estimate of drug-likeness (QED) is 0.762. The third-order valence-electron chi connectivity index (χ3n) is 6.65. The maximum absolute atomic E-state index is 14.1. The van der Waals surface area contributed by atoms with Gasteiger partial charge in [0.05, 0.1) is 24.8 Å². The van der Waals surface area contributed by atoms with Crippen molar-refractivity contribution in [3.63, 3.8) is 0 Å². The Labute approximate surface area is 176 Å². The van der Waals surface area contributed by atoms with E-state index < -0.39 is 11.4 Å². The number of carbonyl (C=O) groups excluding carboxylic acids is 1. The lowest BCUT2D eigenvalue weighted by Gasteiger charge is -2.46. The van der Waals surface area contributed by atoms with Crippen LogP contribution >= 0.6 is 0 Å². The third kappa shape index (κ3) is 3.34. The Kier molecular flexibility index (Phi) is 5.04. The number of urea groups is 1. The van der Waals surface area contributed by atoms with Gasteiger partial charge in [-0.3, -0.25) is 9.89 Å². The molecule has 0 aromatic carbocycles. The summed E-state index contributed by atoms with van der Waals surface area (Å²) < 4.78 is 14.1. The summed E-state index contributed by atoms with van der Waals surface area (Å²) in [7, 11) is 2.10. The first-order chi connectivity index (χ1) is 14.1. The van der Waals surface area contributed by atoms with E-state index in [0.29, 0.717) is 37.3 Å². The van der Waals surface area contributed by atoms with E-state index in [1.807, 2.05) is 9.80 Å². The predicted octanol–water partition coefficient (Wildman–Crippen LogP) is 2.28. The lowest BCUT2D eigenvalue weighted by molar-refractivity contribution is 0.0553. The van der Waals surface area contributed by atoms with Crippen LogP contribution in [0.4, 0.5) is 15.0 Å². The van der Waals surface area contributed by atoms with E-state index in [4.69, 9.17) is 0 Å². The van der Waals surface area contributed by atoms with Crippen LogP contribution in [-0.4, -0.2) is 87.4 Å². The van der Waals surface area contributed by atoms with E-state index in [1.165, 1.54) is 0 Å². The smallest absolute Gasteiger partial charge is 0.321 e. The van der Waals surface area contributed by atoms with Gasteiger partial charge in [0, 0.05) is 30.7 Å². The van der Waals surface area contributed by atoms with Crippen LogP contribution in [0.25, 0.3) is 0 Å². The molecule has 0 radical (unpaired) electrons. The minimum atomic E-state index is -0.525. The van der Waals surface area contributed by atoms with Gasteiger partial charge in [-0.15, -0.1) is 0 Å². The highest BCUT2D eigenvalue weighted by molar-refractivity contribution is 6.11. The molecule has 30 heavy (non-hydrogen) atoms. The van der Waals surface area contributed by atoms with Crippen molar-refractivity contribution in [1.82, 2.24) is 24.7 Å². The van der Waals surface area contributed by atoms with Crippen molar-refractivity contribution in [3.05, 3.63) is 29.0 Å². The summed E-state index contributed by atoms with van der Waals surface area (Å²) in [6.45, 7) is 12.6. The summed E-state index contributed by atoms with van der Waals surface area (Å²) >= 11 is 0. The number of likely N-dealkylation sites (N-methyl/N-ethyl adjacent to an activating group) is 1. The maximum Gasteiger partial charge on any atom is 0.321 e. The van der Waals surface area contributed by atoms with Crippen LogP contribution in [-0.2, 0) is 0 Å². The molecule has 3 aliphatic heterocycles. The van der Waals surface area contributed by atoms with Gasteiger partial charge in [0.2, 0.25) is 0 Å². The second-order valence-corrected chi connectivity index (χ2v) is 9.08. The Morgan fingerprint density at radius 1 is 1.27 bits per heavy atom. The monoisotopic (exact) mass is 415 g/mol. The van der Waals surface area contributed by atoms with E-state index in [9.17, 15) is 9.18 Å². The van der Waals surface area contributed by atoms with Gasteiger partial charge in [-0.1, -0.05) is 0 Å². The average Bonchev–Trinajstić information content (AvgIpc) is 3.19. The summed E-state index contributed by atoms with van der Waals surface area (Å²) in [6.07, 6.45) is 1.15. The fourth-order valence-electron chi connectivity index (χ4n) is 4.54. The van der Waals surface area contributed by atoms with Gasteiger partial charge >= 0.3 is 6.03 Å². The lowest BCUT2D eigenvalue weighted by atomic mass is 9.94. The summed E-state index contributed by atoms with van der Waals surface area (Å²) in [4.78, 5) is 32.3. The Bertz CT molecular complexity index is 941. The molecule has 0 aliphatic carbocycles. The molecule has 0 saturated carbocycles. The van der Waals surface area contributed by atoms with Crippen molar-refractivity contribution < 1.29 is 9.18 Å². The summed E-state index contributed by atoms with van der Waals surface area (Å²) in [5.74, 6) is 0.653. The van der Waals surface area contributed by atoms with Gasteiger partial charge in [-0.2, -0.15) is 0 Å². The Balaban J connectivity index is 1.55. The number of amidine groups is 1. The molecule has 0 bridgehead atoms. The number of aromatic nitrogens is 2. The molecule has 3 aliphatic rings. The maximum atomic E-state index is 14.1. The summed E-state index contributed by atoms with van der Waals surface area (Å²) in [5.41, 5.74) is 1.60. The van der Waals surface area contributed by atoms with Crippen molar-refractivity contribution in [2.45, 2.75) is 52.2 Å². The van der Waals surface area contributed by atoms with E-state index in [2.05, 4.69) is 59.9 Å². The number of hydrogen-bond donors (Lipinski definition) is 1. The van der Waals surface area contributed by atoms with Gasteiger partial charge in [-0.25, -0.2) is 19.2 Å². The normalized spacial score (nSPS) is 26.2. The summed E-state index contributed by atoms with van der Waals surface area (Å²) in [5, 5.41) is 3.03. The van der Waals surface area contributed by atoms with E-state index >= 15 is 0 Å². The van der Waals surface area contributed by atoms with Gasteiger partial charge in [0.25, 0.3) is 0 Å². The van der Waals surface area contributed by atoms with Crippen molar-refractivity contribution in [1.29, 1.82) is 0 Å². The van der Waals surface area contributed by atoms with Crippen molar-refractivity contribution in [3.8, 4) is 0 Å². The number of rotatable bonds is 1. The SMILES string of the molecule is Cc1ncc(F)c(NC2=NCC3=C2CN(C(=O)N2C[C@H](C)N(C)C[C@@H]2C)C3(C)C)n1. The van der Waals surface area contributed by atoms with Crippen molar-refractivity contribution in [2.24, 2.45) is 4.99 Å². The molecule has 1 aromatic rings. The Morgan fingerprint density at radius 3 is 2.73 bits per heavy atom. The fourth-order valence-corrected chi connectivity index (χ4v) is 4.54. The molecule has 2 amide bonds. The molecule has 162 valence electrons. The number of nitrogens with zero attached hydrogens (tertiary/aromatic N) is 6. The molecule has 1 saturated heterocycles. The molecule has 0 unspecified atom stereocenters. The Morgan fingerprint density at radius 2 is 2.00 bits per heavy atom. The van der Waals surface area contributed by atoms with Crippen molar-refractivity contribution >= 4 is 17.7 Å². The van der Waals surface area contributed by atoms with Gasteiger partial charge in [0.15, 0.2) is 11.6 Å². The van der Waals surface area contributed by atoms with Crippen LogP contribution in [0.3, 0.4) is 0 Å². The minimum Gasteiger partial charge on any atom is -0.322 e. The number of carbonyl (C=O) groups is 1. The van der Waals surface area contributed by atoms with Gasteiger partial charge < -0.3 is 15.1 Å². The lowest BCUT2D eigenvalue weighted by Crippen LogP contribution is -2.61. The van der Waals surface area contributed by atoms with E-state index in [0.717, 1.165) is 23.9 Å². The molecule has 2 atom stereocenters. The second-order valence-electron chi connectivity index (χ2n) is 9.08. The second kappa shape index (κ2) is 7.30. The zero-order valence-corrected chi connectivity index (χ0v) is 18.5. The van der Waals surface area contributed by atoms with E-state index in [1.54, 1.807) is 6.92 Å². The van der Waals surface area contributed by atoms with Gasteiger partial charge in [-0.05, 0) is 47.2 Å². The summed E-state index contributed by atoms with van der Waals surface area (Å²) in [6, 6.07) is 0.512. The molecule has 0 spiro atoms. The first-order valence-corrected chi connectivity index (χ1v) is 10.4. The zero-order chi connectivity index (χ0) is 21.8. The first kappa shape index (κ1) is 20.7. The predicted molar refractivity (Wildman–Crippen MR) is 114 cm³/mol. The number of piperazine rings is 1. The largest absolute Gasteiger partial charge is 0.322 e. The van der Waals surface area contributed by atoms with Crippen LogP contribution in [0.1, 0.15) is 33.5 Å². The molecular weight excluding hydrogens is 385 g/mol. The average molecular weight is 416 g/mol. The number of halogens is 1. The van der Waals surface area contributed by atoms with Crippen LogP contribution in [0.15, 0.2) is 22.3 Å². The highest BCUT2D eigenvalue weighted by atomic mass is 19.1. The molecule has 1 aromatic heterocycles. The molecule has 9 heteroatoms. The minimum absolute atomic E-state index is 0.0465. The standard InChI is InChI=1S/C21H30FN7O/c1-12-10-28(13(2)9-27(12)6)20(30)29-11-15-16(21(29,4)5)7-24-18(15)26-19-17(22)8-23-14(3)25-19/h8,12-13H,7,9-11H2,1-6H3,(H,23,24,25,26)/t12-,13-/m0/s1. The van der Waals surface area contributed by atoms with Crippen molar-refractivity contribution in [2.75, 3.05) is 38.5 Å². The van der Waals surface area contributed by atoms with Crippen LogP contribution < -0.4 is 5.32 Å². The third-order valence-corrected chi connectivity index (χ3v) is 6.65. The number of nitrogens with one attached hydrogen (secondary N) is 1. The Hall–Kier alpha value is -2.55. The first-order valence-electron chi connectivity index (χ1n) is 10.4. The molecule has 8 nitrogen and oxygen atoms in total. The van der Waals surface area contributed by atoms with E-state index in [-0.39, 0.29) is 17.9 Å². The number of anilines is 1. The van der Waals surface area contributed by atoms with Crippen LogP contribution in [0.5, 0.6) is 0 Å². The number of aliphatic imine (C=N–C) groups is 1. The fraction of sp³-hybridized carbons (Fsp3) is 0.619. The molecular formula is C21H30FN7O. The molecule has 4 heterocycles.